The average molecular weight is 264 g/mol. The molecule has 0 bridgehead atoms. The van der Waals surface area contributed by atoms with Crippen LogP contribution < -0.4 is 5.73 Å². The molecule has 2 N–H and O–H groups in total. The Kier molecular flexibility index (Phi) is 3.68. The molecular weight excluding hydrogens is 232 g/mol. The van der Waals surface area contributed by atoms with Crippen LogP contribution in [0.3, 0.4) is 0 Å². The second-order valence-corrected chi connectivity index (χ2v) is 8.12. The molecule has 3 aliphatic carbocycles. The molecule has 0 aromatic rings. The molecule has 3 fully saturated rings. The van der Waals surface area contributed by atoms with Gasteiger partial charge in [0.2, 0.25) is 0 Å². The van der Waals surface area contributed by atoms with Crippen molar-refractivity contribution in [2.45, 2.75) is 70.8 Å². The quantitative estimate of drug-likeness (QED) is 0.796. The summed E-state index contributed by atoms with van der Waals surface area (Å²) in [5.74, 6) is 1.97. The van der Waals surface area contributed by atoms with Crippen LogP contribution in [0, 0.1) is 17.3 Å². The van der Waals surface area contributed by atoms with E-state index in [-0.39, 0.29) is 5.54 Å². The third kappa shape index (κ3) is 2.71. The van der Waals surface area contributed by atoms with Gasteiger partial charge in [-0.3, -0.25) is 4.90 Å². The van der Waals surface area contributed by atoms with E-state index in [0.29, 0.717) is 5.41 Å². The average Bonchev–Trinajstić information content (AvgIpc) is 3.23. The van der Waals surface area contributed by atoms with Crippen molar-refractivity contribution >= 4 is 0 Å². The van der Waals surface area contributed by atoms with E-state index in [4.69, 9.17) is 5.73 Å². The highest BCUT2D eigenvalue weighted by atomic mass is 15.2. The zero-order valence-electron chi connectivity index (χ0n) is 13.0. The molecule has 2 nitrogen and oxygen atoms in total. The van der Waals surface area contributed by atoms with Crippen LogP contribution in [-0.2, 0) is 0 Å². The molecule has 0 aromatic carbocycles. The van der Waals surface area contributed by atoms with Crippen molar-refractivity contribution in [3.8, 4) is 0 Å². The molecule has 3 aliphatic rings. The third-order valence-electron chi connectivity index (χ3n) is 6.20. The first-order valence-corrected chi connectivity index (χ1v) is 8.52. The Bertz CT molecular complexity index is 303. The van der Waals surface area contributed by atoms with Gasteiger partial charge < -0.3 is 5.73 Å². The fourth-order valence-electron chi connectivity index (χ4n) is 4.30. The molecule has 2 heteroatoms. The number of nitrogens with zero attached hydrogens (tertiary/aromatic N) is 1. The van der Waals surface area contributed by atoms with Gasteiger partial charge in [0.1, 0.15) is 0 Å². The summed E-state index contributed by atoms with van der Waals surface area (Å²) in [5, 5.41) is 0. The van der Waals surface area contributed by atoms with E-state index >= 15 is 0 Å². The van der Waals surface area contributed by atoms with Gasteiger partial charge >= 0.3 is 0 Å². The minimum Gasteiger partial charge on any atom is -0.329 e. The Balaban J connectivity index is 1.81. The molecule has 0 amide bonds. The molecule has 19 heavy (non-hydrogen) atoms. The summed E-state index contributed by atoms with van der Waals surface area (Å²) in [7, 11) is 0. The zero-order valence-corrected chi connectivity index (χ0v) is 13.0. The Morgan fingerprint density at radius 2 is 1.47 bits per heavy atom. The highest BCUT2D eigenvalue weighted by molar-refractivity contribution is 5.06. The molecule has 0 aromatic heterocycles. The van der Waals surface area contributed by atoms with Crippen molar-refractivity contribution in [1.82, 2.24) is 4.90 Å². The smallest absolute Gasteiger partial charge is 0.0382 e. The highest BCUT2D eigenvalue weighted by Crippen LogP contribution is 2.49. The largest absolute Gasteiger partial charge is 0.329 e. The summed E-state index contributed by atoms with van der Waals surface area (Å²) in [4.78, 5) is 2.86. The fourth-order valence-corrected chi connectivity index (χ4v) is 4.30. The number of nitrogens with two attached hydrogens (primary N) is 1. The molecular formula is C17H32N2. The first-order valence-electron chi connectivity index (χ1n) is 8.52. The van der Waals surface area contributed by atoms with Crippen LogP contribution in [-0.4, -0.2) is 30.1 Å². The van der Waals surface area contributed by atoms with Gasteiger partial charge in [0.25, 0.3) is 0 Å². The van der Waals surface area contributed by atoms with Crippen molar-refractivity contribution in [2.24, 2.45) is 23.0 Å². The lowest BCUT2D eigenvalue weighted by atomic mass is 9.62. The first kappa shape index (κ1) is 13.9. The summed E-state index contributed by atoms with van der Waals surface area (Å²) >= 11 is 0. The lowest BCUT2D eigenvalue weighted by Crippen LogP contribution is -2.64. The molecule has 0 heterocycles. The van der Waals surface area contributed by atoms with Gasteiger partial charge in [-0.15, -0.1) is 0 Å². The molecule has 0 spiro atoms. The molecule has 110 valence electrons. The van der Waals surface area contributed by atoms with E-state index < -0.39 is 0 Å². The normalized spacial score (nSPS) is 34.7. The number of hydrogen-bond donors (Lipinski definition) is 1. The van der Waals surface area contributed by atoms with Crippen molar-refractivity contribution in [2.75, 3.05) is 19.6 Å². The van der Waals surface area contributed by atoms with Gasteiger partial charge in [-0.05, 0) is 55.8 Å². The summed E-state index contributed by atoms with van der Waals surface area (Å²) in [6, 6.07) is 0. The Hall–Kier alpha value is -0.0800. The summed E-state index contributed by atoms with van der Waals surface area (Å²) in [6.07, 6.45) is 11.3. The van der Waals surface area contributed by atoms with Crippen LogP contribution in [0.1, 0.15) is 65.2 Å². The van der Waals surface area contributed by atoms with Gasteiger partial charge in [0, 0.05) is 25.2 Å². The maximum absolute atomic E-state index is 6.37. The van der Waals surface area contributed by atoms with Crippen LogP contribution in [0.5, 0.6) is 0 Å². The molecule has 0 radical (unpaired) electrons. The second kappa shape index (κ2) is 5.04. The maximum Gasteiger partial charge on any atom is 0.0382 e. The fraction of sp³-hybridized carbons (Fsp3) is 1.00. The van der Waals surface area contributed by atoms with Crippen molar-refractivity contribution in [3.05, 3.63) is 0 Å². The highest BCUT2D eigenvalue weighted by Gasteiger charge is 2.51. The molecule has 3 rings (SSSR count). The second-order valence-electron chi connectivity index (χ2n) is 8.12. The molecule has 3 saturated carbocycles. The molecule has 0 saturated heterocycles. The lowest BCUT2D eigenvalue weighted by Gasteiger charge is -2.56. The van der Waals surface area contributed by atoms with Gasteiger partial charge in [0.05, 0.1) is 0 Å². The summed E-state index contributed by atoms with van der Waals surface area (Å²) in [5.41, 5.74) is 7.05. The molecule has 1 atom stereocenters. The first-order chi connectivity index (χ1) is 9.07. The van der Waals surface area contributed by atoms with Gasteiger partial charge in [-0.2, -0.15) is 0 Å². The van der Waals surface area contributed by atoms with E-state index in [1.54, 1.807) is 0 Å². The third-order valence-corrected chi connectivity index (χ3v) is 6.20. The zero-order chi connectivity index (χ0) is 13.5. The SMILES string of the molecule is CC1(C)CCCCC1(CN)N(CC1CC1)CC1CC1. The van der Waals surface area contributed by atoms with Crippen LogP contribution in [0.4, 0.5) is 0 Å². The minimum absolute atomic E-state index is 0.288. The predicted octanol–water partition coefficient (Wildman–Crippen LogP) is 3.41. The molecule has 1 unspecified atom stereocenters. The topological polar surface area (TPSA) is 29.3 Å². The van der Waals surface area contributed by atoms with Crippen LogP contribution >= 0.6 is 0 Å². The monoisotopic (exact) mass is 264 g/mol. The van der Waals surface area contributed by atoms with Gasteiger partial charge in [0.15, 0.2) is 0 Å². The number of rotatable bonds is 6. The number of hydrogen-bond acceptors (Lipinski definition) is 2. The van der Waals surface area contributed by atoms with Crippen molar-refractivity contribution in [1.29, 1.82) is 0 Å². The Labute approximate surface area is 119 Å². The van der Waals surface area contributed by atoms with E-state index in [0.717, 1.165) is 18.4 Å². The molecule has 0 aliphatic heterocycles. The predicted molar refractivity (Wildman–Crippen MR) is 81.1 cm³/mol. The maximum atomic E-state index is 6.37. The lowest BCUT2D eigenvalue weighted by molar-refractivity contribution is -0.0489. The van der Waals surface area contributed by atoms with Crippen LogP contribution in [0.25, 0.3) is 0 Å². The van der Waals surface area contributed by atoms with Crippen LogP contribution in [0.15, 0.2) is 0 Å². The van der Waals surface area contributed by atoms with E-state index in [2.05, 4.69) is 18.7 Å². The van der Waals surface area contributed by atoms with Gasteiger partial charge in [-0.1, -0.05) is 26.7 Å². The Morgan fingerprint density at radius 1 is 0.947 bits per heavy atom. The van der Waals surface area contributed by atoms with Crippen LogP contribution in [0.2, 0.25) is 0 Å². The Morgan fingerprint density at radius 3 is 1.89 bits per heavy atom. The summed E-state index contributed by atoms with van der Waals surface area (Å²) < 4.78 is 0. The van der Waals surface area contributed by atoms with Gasteiger partial charge in [-0.25, -0.2) is 0 Å². The standard InChI is InChI=1S/C17H32N2/c1-16(2)9-3-4-10-17(16,13-18)19(11-14-5-6-14)12-15-7-8-15/h14-15H,3-13,18H2,1-2H3. The summed E-state index contributed by atoms with van der Waals surface area (Å²) in [6.45, 7) is 8.48. The van der Waals surface area contributed by atoms with E-state index in [9.17, 15) is 0 Å². The van der Waals surface area contributed by atoms with Crippen molar-refractivity contribution in [3.63, 3.8) is 0 Å². The minimum atomic E-state index is 0.288. The van der Waals surface area contributed by atoms with E-state index in [1.807, 2.05) is 0 Å². The van der Waals surface area contributed by atoms with Crippen molar-refractivity contribution < 1.29 is 0 Å². The van der Waals surface area contributed by atoms with E-state index in [1.165, 1.54) is 64.5 Å².